The Morgan fingerprint density at radius 3 is 2.52 bits per heavy atom. The van der Waals surface area contributed by atoms with Gasteiger partial charge in [0.15, 0.2) is 0 Å². The van der Waals surface area contributed by atoms with Gasteiger partial charge >= 0.3 is 5.97 Å². The number of carbonyl (C=O) groups excluding carboxylic acids is 2. The zero-order valence-electron chi connectivity index (χ0n) is 12.4. The summed E-state index contributed by atoms with van der Waals surface area (Å²) in [7, 11) is 0. The van der Waals surface area contributed by atoms with Gasteiger partial charge in [0, 0.05) is 32.4 Å². The molecule has 0 spiro atoms. The summed E-state index contributed by atoms with van der Waals surface area (Å²) in [5.74, 6) is -2.43. The van der Waals surface area contributed by atoms with Crippen LogP contribution in [0.3, 0.4) is 0 Å². The highest BCUT2D eigenvalue weighted by Crippen LogP contribution is 2.17. The molecule has 1 aromatic heterocycles. The molecule has 1 aliphatic rings. The smallest absolute Gasteiger partial charge is 0.310 e. The monoisotopic (exact) mass is 322 g/mol. The van der Waals surface area contributed by atoms with E-state index in [2.05, 4.69) is 4.98 Å². The van der Waals surface area contributed by atoms with Crippen molar-refractivity contribution in [2.45, 2.75) is 0 Å². The summed E-state index contributed by atoms with van der Waals surface area (Å²) in [6.07, 6.45) is 1.33. The number of pyridine rings is 1. The first-order chi connectivity index (χ1) is 10.9. The van der Waals surface area contributed by atoms with Crippen LogP contribution in [0, 0.1) is 5.92 Å². The molecule has 2 rings (SSSR count). The van der Waals surface area contributed by atoms with E-state index in [1.54, 1.807) is 11.0 Å². The second-order valence-corrected chi connectivity index (χ2v) is 5.25. The Hall–Kier alpha value is -2.68. The van der Waals surface area contributed by atoms with Gasteiger partial charge in [-0.2, -0.15) is 0 Å². The van der Waals surface area contributed by atoms with E-state index in [0.29, 0.717) is 12.4 Å². The van der Waals surface area contributed by atoms with Crippen LogP contribution >= 0.6 is 0 Å². The summed E-state index contributed by atoms with van der Waals surface area (Å²) < 4.78 is 0. The van der Waals surface area contributed by atoms with E-state index in [1.165, 1.54) is 17.2 Å². The zero-order valence-corrected chi connectivity index (χ0v) is 12.4. The molecule has 1 aromatic rings. The normalized spacial score (nSPS) is 18.4. The van der Waals surface area contributed by atoms with Crippen LogP contribution in [-0.2, 0) is 9.59 Å². The summed E-state index contributed by atoms with van der Waals surface area (Å²) in [5.41, 5.74) is 5.42. The second kappa shape index (κ2) is 7.05. The van der Waals surface area contributed by atoms with Crippen molar-refractivity contribution in [3.63, 3.8) is 0 Å². The molecule has 4 N–H and O–H groups in total. The van der Waals surface area contributed by atoms with Gasteiger partial charge in [0.2, 0.25) is 11.8 Å². The number of hydrogen-bond acceptors (Lipinski definition) is 6. The number of primary amides is 1. The summed E-state index contributed by atoms with van der Waals surface area (Å²) in [6.45, 7) is 0.205. The lowest BCUT2D eigenvalue weighted by Crippen LogP contribution is -2.39. The molecular formula is C14H18N4O5. The van der Waals surface area contributed by atoms with Crippen LogP contribution in [0.4, 0.5) is 5.82 Å². The maximum atomic E-state index is 11.6. The third kappa shape index (κ3) is 3.95. The van der Waals surface area contributed by atoms with Crippen LogP contribution in [0.15, 0.2) is 18.3 Å². The number of aliphatic hydroxyl groups excluding tert-OH is 1. The van der Waals surface area contributed by atoms with Gasteiger partial charge in [0.05, 0.1) is 11.5 Å². The standard InChI is InChI=1S/C14H18N4O5/c15-13(21)9-1-2-11(16-5-9)17-3-4-18(12(20)8-19)7-10(6-17)14(22)23/h1-2,5,10,19H,3-4,6-8H2,(H2,15,21)(H,22,23)/t10-/m0/s1. The first kappa shape index (κ1) is 16.7. The molecule has 2 heterocycles. The van der Waals surface area contributed by atoms with Gasteiger partial charge in [0.25, 0.3) is 0 Å². The highest BCUT2D eigenvalue weighted by Gasteiger charge is 2.30. The average Bonchev–Trinajstić information content (AvgIpc) is 2.77. The Balaban J connectivity index is 2.20. The molecule has 1 aliphatic heterocycles. The van der Waals surface area contributed by atoms with E-state index in [9.17, 15) is 19.5 Å². The molecule has 1 fully saturated rings. The van der Waals surface area contributed by atoms with E-state index >= 15 is 0 Å². The number of carboxylic acid groups (broad SMARTS) is 1. The molecule has 0 aromatic carbocycles. The number of nitrogens with two attached hydrogens (primary N) is 1. The predicted octanol–water partition coefficient (Wildman–Crippen LogP) is -1.48. The van der Waals surface area contributed by atoms with Crippen LogP contribution in [0.1, 0.15) is 10.4 Å². The van der Waals surface area contributed by atoms with Gasteiger partial charge < -0.3 is 25.7 Å². The van der Waals surface area contributed by atoms with Gasteiger partial charge in [-0.1, -0.05) is 0 Å². The Bertz CT molecular complexity index is 604. The Morgan fingerprint density at radius 1 is 1.26 bits per heavy atom. The molecule has 0 bridgehead atoms. The van der Waals surface area contributed by atoms with Crippen LogP contribution in [-0.4, -0.2) is 70.7 Å². The van der Waals surface area contributed by atoms with Gasteiger partial charge in [-0.3, -0.25) is 14.4 Å². The van der Waals surface area contributed by atoms with E-state index in [-0.39, 0.29) is 25.2 Å². The summed E-state index contributed by atoms with van der Waals surface area (Å²) in [6, 6.07) is 3.10. The van der Waals surface area contributed by atoms with Crippen molar-refractivity contribution in [1.29, 1.82) is 0 Å². The van der Waals surface area contributed by atoms with Gasteiger partial charge in [-0.05, 0) is 12.1 Å². The molecule has 124 valence electrons. The van der Waals surface area contributed by atoms with Crippen molar-refractivity contribution in [3.05, 3.63) is 23.9 Å². The Labute approximate surface area is 132 Å². The molecule has 23 heavy (non-hydrogen) atoms. The van der Waals surface area contributed by atoms with Crippen LogP contribution in [0.2, 0.25) is 0 Å². The number of carboxylic acids is 1. The number of amides is 2. The second-order valence-electron chi connectivity index (χ2n) is 5.25. The Kier molecular flexibility index (Phi) is 5.12. The van der Waals surface area contributed by atoms with Crippen molar-refractivity contribution in [1.82, 2.24) is 9.88 Å². The number of hydrogen-bond donors (Lipinski definition) is 3. The topological polar surface area (TPSA) is 137 Å². The number of rotatable bonds is 4. The molecule has 9 nitrogen and oxygen atoms in total. The molecule has 2 amide bonds. The molecule has 1 atom stereocenters. The fourth-order valence-electron chi connectivity index (χ4n) is 2.42. The fraction of sp³-hybridized carbons (Fsp3) is 0.429. The SMILES string of the molecule is NC(=O)c1ccc(N2CCN(C(=O)CO)C[C@@H](C(=O)O)C2)nc1. The third-order valence-corrected chi connectivity index (χ3v) is 3.71. The highest BCUT2D eigenvalue weighted by molar-refractivity contribution is 5.92. The molecular weight excluding hydrogens is 304 g/mol. The number of carbonyl (C=O) groups is 3. The lowest BCUT2D eigenvalue weighted by molar-refractivity contribution is -0.143. The number of aliphatic hydroxyl groups is 1. The highest BCUT2D eigenvalue weighted by atomic mass is 16.4. The van der Waals surface area contributed by atoms with Crippen molar-refractivity contribution in [3.8, 4) is 0 Å². The fourth-order valence-corrected chi connectivity index (χ4v) is 2.42. The van der Waals surface area contributed by atoms with E-state index in [4.69, 9.17) is 10.8 Å². The average molecular weight is 322 g/mol. The lowest BCUT2D eigenvalue weighted by atomic mass is 10.1. The molecule has 9 heteroatoms. The quantitative estimate of drug-likeness (QED) is 0.615. The number of nitrogens with zero attached hydrogens (tertiary/aromatic N) is 3. The zero-order chi connectivity index (χ0) is 17.0. The minimum atomic E-state index is -1.03. The maximum Gasteiger partial charge on any atom is 0.310 e. The van der Waals surface area contributed by atoms with E-state index < -0.39 is 30.3 Å². The number of aliphatic carboxylic acids is 1. The molecule has 0 aliphatic carbocycles. The molecule has 0 radical (unpaired) electrons. The van der Waals surface area contributed by atoms with Crippen molar-refractivity contribution >= 4 is 23.6 Å². The van der Waals surface area contributed by atoms with Crippen LogP contribution in [0.25, 0.3) is 0 Å². The lowest BCUT2D eigenvalue weighted by Gasteiger charge is -2.23. The van der Waals surface area contributed by atoms with E-state index in [1.807, 2.05) is 0 Å². The maximum absolute atomic E-state index is 11.6. The Morgan fingerprint density at radius 2 is 2.00 bits per heavy atom. The molecule has 1 saturated heterocycles. The van der Waals surface area contributed by atoms with E-state index in [0.717, 1.165) is 0 Å². The molecule has 0 unspecified atom stereocenters. The van der Waals surface area contributed by atoms with Gasteiger partial charge in [-0.25, -0.2) is 4.98 Å². The first-order valence-electron chi connectivity index (χ1n) is 7.04. The minimum Gasteiger partial charge on any atom is -0.481 e. The van der Waals surface area contributed by atoms with Gasteiger partial charge in [0.1, 0.15) is 12.4 Å². The first-order valence-corrected chi connectivity index (χ1v) is 7.04. The summed E-state index contributed by atoms with van der Waals surface area (Å²) in [4.78, 5) is 41.3. The summed E-state index contributed by atoms with van der Waals surface area (Å²) in [5, 5.41) is 18.3. The summed E-state index contributed by atoms with van der Waals surface area (Å²) >= 11 is 0. The predicted molar refractivity (Wildman–Crippen MR) is 79.8 cm³/mol. The third-order valence-electron chi connectivity index (χ3n) is 3.71. The van der Waals surface area contributed by atoms with Gasteiger partial charge in [-0.15, -0.1) is 0 Å². The molecule has 0 saturated carbocycles. The largest absolute Gasteiger partial charge is 0.481 e. The van der Waals surface area contributed by atoms with Crippen LogP contribution in [0.5, 0.6) is 0 Å². The van der Waals surface area contributed by atoms with Crippen molar-refractivity contribution in [2.24, 2.45) is 11.7 Å². The minimum absolute atomic E-state index is 0.0323. The van der Waals surface area contributed by atoms with Crippen molar-refractivity contribution < 1.29 is 24.6 Å². The van der Waals surface area contributed by atoms with Crippen molar-refractivity contribution in [2.75, 3.05) is 37.7 Å². The van der Waals surface area contributed by atoms with Crippen LogP contribution < -0.4 is 10.6 Å². The number of aromatic nitrogens is 1. The number of anilines is 1.